The van der Waals surface area contributed by atoms with E-state index in [4.69, 9.17) is 14.7 Å². The van der Waals surface area contributed by atoms with Crippen LogP contribution in [0.3, 0.4) is 0 Å². The van der Waals surface area contributed by atoms with Gasteiger partial charge in [0.05, 0.1) is 18.2 Å². The molecule has 1 saturated heterocycles. The van der Waals surface area contributed by atoms with Crippen LogP contribution in [0.15, 0.2) is 42.9 Å². The van der Waals surface area contributed by atoms with Crippen molar-refractivity contribution in [3.8, 4) is 17.0 Å². The Morgan fingerprint density at radius 2 is 2.02 bits per heavy atom. The van der Waals surface area contributed by atoms with E-state index in [0.717, 1.165) is 61.9 Å². The van der Waals surface area contributed by atoms with Crippen LogP contribution in [0.5, 0.6) is 5.75 Å². The van der Waals surface area contributed by atoms with Crippen LogP contribution in [0.25, 0.3) is 11.3 Å². The minimum atomic E-state index is -4.82. The number of nitrogens with zero attached hydrogens (tertiary/aromatic N) is 5. The van der Waals surface area contributed by atoms with E-state index in [1.54, 1.807) is 18.5 Å². The van der Waals surface area contributed by atoms with Crippen LogP contribution in [0, 0.1) is 18.3 Å². The quantitative estimate of drug-likeness (QED) is 0.360. The average Bonchev–Trinajstić information content (AvgIpc) is 3.31. The van der Waals surface area contributed by atoms with E-state index in [1.807, 2.05) is 19.9 Å². The van der Waals surface area contributed by atoms with Crippen molar-refractivity contribution in [2.24, 2.45) is 11.3 Å². The third kappa shape index (κ3) is 6.43. The van der Waals surface area contributed by atoms with Crippen LogP contribution in [0.4, 0.5) is 30.8 Å². The molecule has 40 heavy (non-hydrogen) atoms. The number of halogens is 3. The van der Waals surface area contributed by atoms with Crippen molar-refractivity contribution in [3.63, 3.8) is 0 Å². The van der Waals surface area contributed by atoms with Crippen LogP contribution in [0.1, 0.15) is 44.6 Å². The zero-order chi connectivity index (χ0) is 28.3. The molecule has 0 bridgehead atoms. The molecule has 1 saturated carbocycles. The highest BCUT2D eigenvalue weighted by atomic mass is 19.4. The third-order valence-electron chi connectivity index (χ3n) is 7.53. The van der Waals surface area contributed by atoms with Crippen molar-refractivity contribution >= 4 is 23.6 Å². The molecule has 2 aliphatic rings. The van der Waals surface area contributed by atoms with Gasteiger partial charge >= 0.3 is 12.3 Å². The Labute approximate surface area is 230 Å². The van der Waals surface area contributed by atoms with Crippen molar-refractivity contribution in [1.82, 2.24) is 19.9 Å². The minimum Gasteiger partial charge on any atom is -0.466 e. The Bertz CT molecular complexity index is 1370. The molecule has 3 aromatic rings. The van der Waals surface area contributed by atoms with E-state index in [1.165, 1.54) is 6.20 Å². The van der Waals surface area contributed by atoms with E-state index in [2.05, 4.69) is 24.9 Å². The summed E-state index contributed by atoms with van der Waals surface area (Å²) in [7, 11) is 0. The van der Waals surface area contributed by atoms with Gasteiger partial charge in [0.15, 0.2) is 0 Å². The first-order valence-corrected chi connectivity index (χ1v) is 13.3. The van der Waals surface area contributed by atoms with Gasteiger partial charge in [0, 0.05) is 49.4 Å². The molecule has 0 radical (unpaired) electrons. The van der Waals surface area contributed by atoms with Crippen LogP contribution in [-0.4, -0.2) is 52.0 Å². The number of aromatic nitrogens is 4. The second kappa shape index (κ2) is 11.3. The van der Waals surface area contributed by atoms with Gasteiger partial charge in [-0.3, -0.25) is 9.78 Å². The number of carbonyl (C=O) groups excluding carboxylic acids is 1. The first-order valence-electron chi connectivity index (χ1n) is 13.3. The van der Waals surface area contributed by atoms with E-state index in [9.17, 15) is 18.0 Å². The maximum atomic E-state index is 12.7. The number of carbonyl (C=O) groups is 1. The molecular weight excluding hydrogens is 525 g/mol. The number of esters is 1. The number of nitrogens with one attached hydrogen (secondary N) is 1. The molecule has 5 rings (SSSR count). The number of hydrogen-bond acceptors (Lipinski definition) is 9. The van der Waals surface area contributed by atoms with E-state index < -0.39 is 12.1 Å². The van der Waals surface area contributed by atoms with Gasteiger partial charge in [-0.1, -0.05) is 6.42 Å². The molecule has 2 unspecified atom stereocenters. The second-order valence-electron chi connectivity index (χ2n) is 10.4. The predicted molar refractivity (Wildman–Crippen MR) is 142 cm³/mol. The van der Waals surface area contributed by atoms with Crippen molar-refractivity contribution in [2.45, 2.75) is 52.3 Å². The van der Waals surface area contributed by atoms with Crippen LogP contribution in [0.2, 0.25) is 0 Å². The summed E-state index contributed by atoms with van der Waals surface area (Å²) in [5, 5.41) is 3.01. The maximum absolute atomic E-state index is 12.7. The molecule has 0 amide bonds. The fourth-order valence-corrected chi connectivity index (χ4v) is 5.71. The van der Waals surface area contributed by atoms with Crippen molar-refractivity contribution in [2.75, 3.05) is 29.9 Å². The SMILES string of the molecule is CCOC(=O)C1CCCC2(CCN(c3nc(Nc4cc(OC(F)(F)F)ccn4)cc(-c4cnccc4C)n3)C2)C1. The predicted octanol–water partition coefficient (Wildman–Crippen LogP) is 5.83. The molecule has 2 fully saturated rings. The number of rotatable bonds is 7. The normalized spacial score (nSPS) is 20.9. The molecular formula is C28H31F3N6O3. The van der Waals surface area contributed by atoms with E-state index in [0.29, 0.717) is 30.6 Å². The third-order valence-corrected chi connectivity index (χ3v) is 7.53. The van der Waals surface area contributed by atoms with Gasteiger partial charge in [0.25, 0.3) is 0 Å². The van der Waals surface area contributed by atoms with Crippen LogP contribution in [-0.2, 0) is 9.53 Å². The van der Waals surface area contributed by atoms with Crippen LogP contribution < -0.4 is 15.0 Å². The Balaban J connectivity index is 1.44. The molecule has 1 N–H and O–H groups in total. The van der Waals surface area contributed by atoms with Crippen molar-refractivity contribution in [3.05, 3.63) is 48.4 Å². The van der Waals surface area contributed by atoms with Crippen molar-refractivity contribution in [1.29, 1.82) is 0 Å². The van der Waals surface area contributed by atoms with Gasteiger partial charge in [0.2, 0.25) is 5.95 Å². The number of anilines is 3. The monoisotopic (exact) mass is 556 g/mol. The summed E-state index contributed by atoms with van der Waals surface area (Å²) in [6.07, 6.45) is 4.32. The van der Waals surface area contributed by atoms with E-state index in [-0.39, 0.29) is 23.1 Å². The lowest BCUT2D eigenvalue weighted by Crippen LogP contribution is -2.36. The zero-order valence-corrected chi connectivity index (χ0v) is 22.4. The molecule has 4 heterocycles. The highest BCUT2D eigenvalue weighted by Crippen LogP contribution is 2.47. The summed E-state index contributed by atoms with van der Waals surface area (Å²) < 4.78 is 47.6. The molecule has 1 aliphatic carbocycles. The number of ether oxygens (including phenoxy) is 2. The number of hydrogen-bond donors (Lipinski definition) is 1. The first kappa shape index (κ1) is 27.6. The zero-order valence-electron chi connectivity index (χ0n) is 22.4. The van der Waals surface area contributed by atoms with Gasteiger partial charge in [0.1, 0.15) is 17.4 Å². The summed E-state index contributed by atoms with van der Waals surface area (Å²) in [6.45, 7) is 5.57. The molecule has 2 atom stereocenters. The summed E-state index contributed by atoms with van der Waals surface area (Å²) >= 11 is 0. The van der Waals surface area contributed by atoms with Gasteiger partial charge in [-0.15, -0.1) is 13.2 Å². The van der Waals surface area contributed by atoms with Gasteiger partial charge in [-0.05, 0) is 62.6 Å². The smallest absolute Gasteiger partial charge is 0.466 e. The lowest BCUT2D eigenvalue weighted by atomic mass is 9.69. The molecule has 212 valence electrons. The summed E-state index contributed by atoms with van der Waals surface area (Å²) in [4.78, 5) is 32.6. The van der Waals surface area contributed by atoms with Gasteiger partial charge in [-0.25, -0.2) is 9.97 Å². The standard InChI is InChI=1S/C28H31F3N6O3/c1-3-39-25(38)19-5-4-8-27(15-19)9-12-37(17-27)26-34-22(21-16-32-10-6-18(21)2)14-24(36-26)35-23-13-20(7-11-33-23)40-28(29,30)31/h6-7,10-11,13-14,16,19H,3-5,8-9,12,15,17H2,1-2H3,(H,33,34,35,36). The van der Waals surface area contributed by atoms with E-state index >= 15 is 0 Å². The number of pyridine rings is 2. The molecule has 9 nitrogen and oxygen atoms in total. The van der Waals surface area contributed by atoms with Crippen LogP contribution >= 0.6 is 0 Å². The fraction of sp³-hybridized carbons (Fsp3) is 0.464. The lowest BCUT2D eigenvalue weighted by molar-refractivity contribution is -0.274. The highest BCUT2D eigenvalue weighted by molar-refractivity contribution is 5.73. The maximum Gasteiger partial charge on any atom is 0.573 e. The lowest BCUT2D eigenvalue weighted by Gasteiger charge is -2.37. The molecule has 12 heteroatoms. The summed E-state index contributed by atoms with van der Waals surface area (Å²) in [5.41, 5.74) is 2.37. The average molecular weight is 557 g/mol. The summed E-state index contributed by atoms with van der Waals surface area (Å²) in [5.74, 6) is 0.379. The Hall–Kier alpha value is -3.96. The fourth-order valence-electron chi connectivity index (χ4n) is 5.71. The minimum absolute atomic E-state index is 0.0301. The van der Waals surface area contributed by atoms with Gasteiger partial charge in [-0.2, -0.15) is 4.98 Å². The molecule has 3 aromatic heterocycles. The van der Waals surface area contributed by atoms with Crippen molar-refractivity contribution < 1.29 is 27.4 Å². The largest absolute Gasteiger partial charge is 0.573 e. The highest BCUT2D eigenvalue weighted by Gasteiger charge is 2.44. The topological polar surface area (TPSA) is 102 Å². The molecule has 1 aliphatic heterocycles. The molecule has 0 aromatic carbocycles. The number of aryl methyl sites for hydroxylation is 1. The summed E-state index contributed by atoms with van der Waals surface area (Å²) in [6, 6.07) is 5.89. The molecule has 1 spiro atoms. The second-order valence-corrected chi connectivity index (χ2v) is 10.4. The van der Waals surface area contributed by atoms with Gasteiger partial charge < -0.3 is 19.7 Å². The first-order chi connectivity index (χ1) is 19.1. The Kier molecular flexibility index (Phi) is 7.77. The number of alkyl halides is 3. The Morgan fingerprint density at radius 3 is 2.80 bits per heavy atom. The Morgan fingerprint density at radius 1 is 1.18 bits per heavy atom.